The Hall–Kier alpha value is -0.140. The molecule has 0 aromatic carbocycles. The van der Waals surface area contributed by atoms with Gasteiger partial charge < -0.3 is 20.5 Å². The first-order chi connectivity index (χ1) is 9.69. The molecule has 0 fully saturated rings. The van der Waals surface area contributed by atoms with E-state index in [0.717, 1.165) is 31.8 Å². The van der Waals surface area contributed by atoms with Crippen LogP contribution in [0.15, 0.2) is 0 Å². The zero-order valence-corrected chi connectivity index (χ0v) is 16.1. The van der Waals surface area contributed by atoms with Gasteiger partial charge in [-0.25, -0.2) is 0 Å². The van der Waals surface area contributed by atoms with Gasteiger partial charge in [0.2, 0.25) is 5.84 Å². The second kappa shape index (κ2) is 14.5. The minimum Gasteiger partial charge on any atom is -0.870 e. The summed E-state index contributed by atoms with van der Waals surface area (Å²) in [4.78, 5) is 12.9. The second-order valence-electron chi connectivity index (χ2n) is 5.44. The van der Waals surface area contributed by atoms with E-state index in [0.29, 0.717) is 6.54 Å². The predicted octanol–water partition coefficient (Wildman–Crippen LogP) is -2.97. The molecule has 6 nitrogen and oxygen atoms in total. The van der Waals surface area contributed by atoms with Crippen molar-refractivity contribution in [2.45, 2.75) is 51.9 Å². The maximum absolute atomic E-state index is 10.8. The Bertz CT molecular complexity index is 338. The smallest absolute Gasteiger partial charge is 0.870 e. The molecule has 0 bridgehead atoms. The summed E-state index contributed by atoms with van der Waals surface area (Å²) in [5.74, 6) is 0.0371. The van der Waals surface area contributed by atoms with Crippen LogP contribution in [0, 0.1) is 0 Å². The molecule has 0 saturated heterocycles. The van der Waals surface area contributed by atoms with Gasteiger partial charge in [-0.3, -0.25) is 9.48 Å². The van der Waals surface area contributed by atoms with Crippen molar-refractivity contribution in [2.24, 2.45) is 0 Å². The summed E-state index contributed by atoms with van der Waals surface area (Å²) in [6, 6.07) is 0. The van der Waals surface area contributed by atoms with Gasteiger partial charge >= 0.3 is 29.6 Å². The molecule has 1 aliphatic heterocycles. The minimum absolute atomic E-state index is 0. The third-order valence-corrected chi connectivity index (χ3v) is 3.81. The fourth-order valence-corrected chi connectivity index (χ4v) is 2.77. The standard InChI is InChI=1S/C15H28N2O3.Na.H2O/c1-2-3-4-5-6-7-8-14-16(11-12-18)9-10-17(14)13-15(19)20;;/h18H,2-13H2,1H3;;1H2/q;+1;/p-1. The number of carboxylic acid groups (broad SMARTS) is 1. The Kier molecular flexibility index (Phi) is 15.8. The van der Waals surface area contributed by atoms with E-state index in [1.807, 2.05) is 4.58 Å². The Labute approximate surface area is 155 Å². The number of nitrogens with zero attached hydrogens (tertiary/aromatic N) is 2. The van der Waals surface area contributed by atoms with Gasteiger partial charge in [-0.1, -0.05) is 39.0 Å². The van der Waals surface area contributed by atoms with Crippen LogP contribution in [-0.2, 0) is 4.79 Å². The predicted molar refractivity (Wildman–Crippen MR) is 78.6 cm³/mol. The van der Waals surface area contributed by atoms with Gasteiger partial charge in [-0.15, -0.1) is 0 Å². The molecular weight excluding hydrogens is 295 g/mol. The summed E-state index contributed by atoms with van der Waals surface area (Å²) in [5.41, 5.74) is 0. The molecule has 0 aliphatic carbocycles. The Balaban J connectivity index is 0. The molecular formula is C15H29N2NaO4. The van der Waals surface area contributed by atoms with Crippen molar-refractivity contribution < 1.29 is 54.6 Å². The van der Waals surface area contributed by atoms with E-state index in [-0.39, 0.29) is 48.2 Å². The summed E-state index contributed by atoms with van der Waals surface area (Å²) in [5, 5.41) is 19.9. The summed E-state index contributed by atoms with van der Waals surface area (Å²) in [6.07, 6.45) is 8.27. The van der Waals surface area contributed by atoms with Crippen LogP contribution in [0.2, 0.25) is 0 Å². The van der Waals surface area contributed by atoms with Crippen LogP contribution in [0.25, 0.3) is 0 Å². The summed E-state index contributed by atoms with van der Waals surface area (Å²) in [6.45, 7) is 4.40. The SMILES string of the molecule is CCCCCCCCC1=[N+](CC(=O)[O-])CCN1CCO.[Na+].[OH-]. The van der Waals surface area contributed by atoms with E-state index in [9.17, 15) is 9.90 Å². The molecule has 7 heteroatoms. The molecule has 1 heterocycles. The monoisotopic (exact) mass is 324 g/mol. The van der Waals surface area contributed by atoms with Crippen molar-refractivity contribution in [1.82, 2.24) is 4.90 Å². The summed E-state index contributed by atoms with van der Waals surface area (Å²) >= 11 is 0. The third-order valence-electron chi connectivity index (χ3n) is 3.81. The summed E-state index contributed by atoms with van der Waals surface area (Å²) < 4.78 is 1.89. The van der Waals surface area contributed by atoms with Gasteiger partial charge in [-0.05, 0) is 6.42 Å². The number of aliphatic carboxylic acids is 1. The van der Waals surface area contributed by atoms with Crippen LogP contribution in [0.4, 0.5) is 0 Å². The zero-order valence-electron chi connectivity index (χ0n) is 14.1. The number of rotatable bonds is 11. The van der Waals surface area contributed by atoms with Crippen LogP contribution in [0.1, 0.15) is 51.9 Å². The number of hydrogen-bond acceptors (Lipinski definition) is 5. The van der Waals surface area contributed by atoms with Crippen LogP contribution >= 0.6 is 0 Å². The minimum atomic E-state index is -1.03. The molecule has 0 amide bonds. The van der Waals surface area contributed by atoms with Gasteiger partial charge in [-0.2, -0.15) is 0 Å². The molecule has 0 radical (unpaired) electrons. The van der Waals surface area contributed by atoms with Gasteiger partial charge in [0.05, 0.1) is 12.6 Å². The molecule has 2 N–H and O–H groups in total. The average Bonchev–Trinajstić information content (AvgIpc) is 2.76. The van der Waals surface area contributed by atoms with Crippen molar-refractivity contribution in [3.63, 3.8) is 0 Å². The quantitative estimate of drug-likeness (QED) is 0.249. The molecule has 0 saturated carbocycles. The van der Waals surface area contributed by atoms with Crippen LogP contribution in [0.3, 0.4) is 0 Å². The van der Waals surface area contributed by atoms with E-state index in [4.69, 9.17) is 5.11 Å². The fourth-order valence-electron chi connectivity index (χ4n) is 2.77. The Morgan fingerprint density at radius 2 is 1.91 bits per heavy atom. The van der Waals surface area contributed by atoms with E-state index >= 15 is 0 Å². The average molecular weight is 324 g/mol. The Morgan fingerprint density at radius 3 is 2.50 bits per heavy atom. The van der Waals surface area contributed by atoms with E-state index < -0.39 is 5.97 Å². The first-order valence-corrected chi connectivity index (χ1v) is 7.85. The molecule has 0 atom stereocenters. The number of amidine groups is 1. The van der Waals surface area contributed by atoms with Gasteiger partial charge in [0.1, 0.15) is 26.2 Å². The van der Waals surface area contributed by atoms with E-state index in [1.165, 1.54) is 32.1 Å². The number of carboxylic acids is 1. The molecule has 1 rings (SSSR count). The molecule has 0 unspecified atom stereocenters. The van der Waals surface area contributed by atoms with Gasteiger partial charge in [0, 0.05) is 6.42 Å². The third kappa shape index (κ3) is 9.10. The first-order valence-electron chi connectivity index (χ1n) is 7.85. The molecule has 124 valence electrons. The topological polar surface area (TPSA) is 96.6 Å². The fraction of sp³-hybridized carbons (Fsp3) is 0.867. The number of carbonyl (C=O) groups is 1. The second-order valence-corrected chi connectivity index (χ2v) is 5.44. The number of hydrogen-bond donors (Lipinski definition) is 1. The van der Waals surface area contributed by atoms with E-state index in [2.05, 4.69) is 11.8 Å². The van der Waals surface area contributed by atoms with Crippen molar-refractivity contribution in [3.8, 4) is 0 Å². The number of aliphatic hydroxyl groups is 1. The first kappa shape index (κ1) is 24.1. The van der Waals surface area contributed by atoms with Gasteiger partial charge in [0.15, 0.2) is 0 Å². The van der Waals surface area contributed by atoms with Crippen LogP contribution < -0.4 is 34.7 Å². The normalized spacial score (nSPS) is 13.8. The van der Waals surface area contributed by atoms with Crippen molar-refractivity contribution in [3.05, 3.63) is 0 Å². The molecule has 1 aliphatic rings. The van der Waals surface area contributed by atoms with Crippen molar-refractivity contribution in [2.75, 3.05) is 32.8 Å². The maximum atomic E-state index is 10.8. The Morgan fingerprint density at radius 1 is 1.27 bits per heavy atom. The van der Waals surface area contributed by atoms with Crippen molar-refractivity contribution in [1.29, 1.82) is 0 Å². The van der Waals surface area contributed by atoms with E-state index in [1.54, 1.807) is 0 Å². The largest absolute Gasteiger partial charge is 1.00 e. The van der Waals surface area contributed by atoms with Crippen LogP contribution in [-0.4, -0.2) is 64.6 Å². The van der Waals surface area contributed by atoms with Crippen LogP contribution in [0.5, 0.6) is 0 Å². The summed E-state index contributed by atoms with van der Waals surface area (Å²) in [7, 11) is 0. The zero-order chi connectivity index (χ0) is 14.8. The number of carbonyl (C=O) groups excluding carboxylic acids is 1. The number of β-amino-alcohol motifs (C(OH)–C–C–N with tert-alkyl or cyclic N) is 1. The number of unbranched alkanes of at least 4 members (excludes halogenated alkanes) is 5. The van der Waals surface area contributed by atoms with Gasteiger partial charge in [0.25, 0.3) is 0 Å². The number of aliphatic hydroxyl groups excluding tert-OH is 1. The molecule has 0 spiro atoms. The molecule has 0 aromatic heterocycles. The molecule has 22 heavy (non-hydrogen) atoms. The van der Waals surface area contributed by atoms with Crippen molar-refractivity contribution >= 4 is 11.8 Å². The maximum Gasteiger partial charge on any atom is 1.00 e. The molecule has 0 aromatic rings.